The smallest absolute Gasteiger partial charge is 0.264 e. The second kappa shape index (κ2) is 8.78. The molecule has 0 spiro atoms. The largest absolute Gasteiger partial charge is 0.497 e. The summed E-state index contributed by atoms with van der Waals surface area (Å²) in [5.41, 5.74) is 1.38. The summed E-state index contributed by atoms with van der Waals surface area (Å²) in [6.07, 6.45) is 0. The summed E-state index contributed by atoms with van der Waals surface area (Å²) >= 11 is 7.28. The molecule has 1 amide bonds. The van der Waals surface area contributed by atoms with Gasteiger partial charge in [-0.3, -0.25) is 14.4 Å². The number of hydrogen-bond acceptors (Lipinski definition) is 6. The van der Waals surface area contributed by atoms with Gasteiger partial charge < -0.3 is 4.74 Å². The third-order valence-corrected chi connectivity index (χ3v) is 7.71. The maximum absolute atomic E-state index is 13.1. The predicted octanol–water partition coefficient (Wildman–Crippen LogP) is 5.04. The Labute approximate surface area is 194 Å². The van der Waals surface area contributed by atoms with Crippen molar-refractivity contribution < 1.29 is 17.9 Å². The molecular weight excluding hydrogens is 470 g/mol. The van der Waals surface area contributed by atoms with E-state index < -0.39 is 15.9 Å². The van der Waals surface area contributed by atoms with Crippen molar-refractivity contribution in [2.45, 2.75) is 4.90 Å². The van der Waals surface area contributed by atoms with E-state index in [2.05, 4.69) is 10.3 Å². The van der Waals surface area contributed by atoms with Gasteiger partial charge in [0.25, 0.3) is 15.9 Å². The second-order valence-electron chi connectivity index (χ2n) is 6.78. The minimum atomic E-state index is -3.88. The normalized spacial score (nSPS) is 11.3. The highest BCUT2D eigenvalue weighted by molar-refractivity contribution is 7.92. The molecule has 4 aromatic rings. The number of hydrogen-bond donors (Lipinski definition) is 1. The Morgan fingerprint density at radius 1 is 1.09 bits per heavy atom. The van der Waals surface area contributed by atoms with Crippen LogP contribution in [-0.2, 0) is 10.0 Å². The molecule has 1 N–H and O–H groups in total. The molecule has 164 valence electrons. The zero-order chi connectivity index (χ0) is 22.9. The molecule has 7 nitrogen and oxygen atoms in total. The Balaban J connectivity index is 1.57. The number of ether oxygens (including phenoxy) is 1. The van der Waals surface area contributed by atoms with Crippen LogP contribution in [0.4, 0.5) is 10.8 Å². The van der Waals surface area contributed by atoms with Crippen LogP contribution in [0.2, 0.25) is 5.02 Å². The van der Waals surface area contributed by atoms with Crippen molar-refractivity contribution >= 4 is 59.9 Å². The summed E-state index contributed by atoms with van der Waals surface area (Å²) in [4.78, 5) is 17.1. The lowest BCUT2D eigenvalue weighted by Gasteiger charge is -2.20. The minimum absolute atomic E-state index is 0.000417. The fraction of sp³-hybridized carbons (Fsp3) is 0.0909. The first kappa shape index (κ1) is 22.1. The van der Waals surface area contributed by atoms with Crippen LogP contribution in [0.5, 0.6) is 5.75 Å². The molecule has 4 rings (SSSR count). The maximum Gasteiger partial charge on any atom is 0.264 e. The molecular formula is C22H18ClN3O4S2. The Morgan fingerprint density at radius 2 is 1.84 bits per heavy atom. The molecule has 0 fully saturated rings. The van der Waals surface area contributed by atoms with Gasteiger partial charge >= 0.3 is 0 Å². The number of sulfonamides is 1. The number of carbonyl (C=O) groups excluding carboxylic acids is 1. The van der Waals surface area contributed by atoms with Crippen LogP contribution in [0.25, 0.3) is 10.2 Å². The summed E-state index contributed by atoms with van der Waals surface area (Å²) in [6.45, 7) is 0. The summed E-state index contributed by atoms with van der Waals surface area (Å²) in [5, 5.41) is 3.70. The summed E-state index contributed by atoms with van der Waals surface area (Å²) in [7, 11) is -0.889. The van der Waals surface area contributed by atoms with E-state index in [1.54, 1.807) is 48.5 Å². The Morgan fingerprint density at radius 3 is 2.56 bits per heavy atom. The van der Waals surface area contributed by atoms with E-state index in [0.717, 1.165) is 9.01 Å². The number of benzene rings is 3. The van der Waals surface area contributed by atoms with Crippen molar-refractivity contribution in [3.05, 3.63) is 77.3 Å². The molecule has 3 aromatic carbocycles. The number of halogens is 1. The topological polar surface area (TPSA) is 88.6 Å². The number of rotatable bonds is 6. The van der Waals surface area contributed by atoms with E-state index in [1.807, 2.05) is 0 Å². The first-order valence-corrected chi connectivity index (χ1v) is 12.0. The molecule has 0 unspecified atom stereocenters. The molecule has 0 saturated carbocycles. The van der Waals surface area contributed by atoms with Crippen LogP contribution in [-0.4, -0.2) is 33.5 Å². The van der Waals surface area contributed by atoms with Gasteiger partial charge in [-0.15, -0.1) is 0 Å². The van der Waals surface area contributed by atoms with Gasteiger partial charge in [-0.1, -0.05) is 29.0 Å². The zero-order valence-electron chi connectivity index (χ0n) is 17.1. The van der Waals surface area contributed by atoms with E-state index in [4.69, 9.17) is 16.3 Å². The molecule has 0 aliphatic carbocycles. The van der Waals surface area contributed by atoms with Gasteiger partial charge in [0.15, 0.2) is 5.13 Å². The van der Waals surface area contributed by atoms with Crippen LogP contribution in [0.15, 0.2) is 71.6 Å². The molecule has 0 radical (unpaired) electrons. The number of amides is 1. The average Bonchev–Trinajstić information content (AvgIpc) is 3.19. The maximum atomic E-state index is 13.1. The quantitative estimate of drug-likeness (QED) is 0.411. The number of methoxy groups -OCH3 is 1. The van der Waals surface area contributed by atoms with Crippen molar-refractivity contribution in [1.82, 2.24) is 4.98 Å². The third-order valence-electron chi connectivity index (χ3n) is 4.76. The Kier molecular flexibility index (Phi) is 6.05. The zero-order valence-corrected chi connectivity index (χ0v) is 19.5. The first-order valence-electron chi connectivity index (χ1n) is 9.38. The van der Waals surface area contributed by atoms with E-state index in [9.17, 15) is 13.2 Å². The van der Waals surface area contributed by atoms with Gasteiger partial charge in [-0.2, -0.15) is 0 Å². The molecule has 0 saturated heterocycles. The van der Waals surface area contributed by atoms with Crippen molar-refractivity contribution in [3.63, 3.8) is 0 Å². The number of carbonyl (C=O) groups is 1. The van der Waals surface area contributed by atoms with Crippen molar-refractivity contribution in [2.24, 2.45) is 0 Å². The van der Waals surface area contributed by atoms with Crippen molar-refractivity contribution in [3.8, 4) is 5.75 Å². The number of aromatic nitrogens is 1. The van der Waals surface area contributed by atoms with Crippen molar-refractivity contribution in [1.29, 1.82) is 0 Å². The lowest BCUT2D eigenvalue weighted by molar-refractivity contribution is 0.102. The number of fused-ring (bicyclic) bond motifs is 1. The molecule has 0 atom stereocenters. The molecule has 1 aromatic heterocycles. The molecule has 0 bridgehead atoms. The lowest BCUT2D eigenvalue weighted by atomic mass is 10.2. The van der Waals surface area contributed by atoms with Gasteiger partial charge in [0.2, 0.25) is 0 Å². The molecule has 10 heteroatoms. The van der Waals surface area contributed by atoms with E-state index in [1.165, 1.54) is 43.7 Å². The third kappa shape index (κ3) is 4.40. The molecule has 32 heavy (non-hydrogen) atoms. The van der Waals surface area contributed by atoms with Gasteiger partial charge in [-0.05, 0) is 60.7 Å². The Hall–Kier alpha value is -3.14. The van der Waals surface area contributed by atoms with E-state index in [0.29, 0.717) is 27.1 Å². The number of nitrogens with zero attached hydrogens (tertiary/aromatic N) is 2. The first-order chi connectivity index (χ1) is 15.3. The van der Waals surface area contributed by atoms with Crippen LogP contribution in [0.3, 0.4) is 0 Å². The van der Waals surface area contributed by atoms with Gasteiger partial charge in [0, 0.05) is 17.6 Å². The van der Waals surface area contributed by atoms with Crippen molar-refractivity contribution in [2.75, 3.05) is 23.8 Å². The van der Waals surface area contributed by atoms with Crippen LogP contribution < -0.4 is 14.4 Å². The van der Waals surface area contributed by atoms with Crippen LogP contribution in [0.1, 0.15) is 10.4 Å². The van der Waals surface area contributed by atoms with Gasteiger partial charge in [-0.25, -0.2) is 13.4 Å². The fourth-order valence-electron chi connectivity index (χ4n) is 3.01. The molecule has 0 aliphatic rings. The predicted molar refractivity (Wildman–Crippen MR) is 128 cm³/mol. The molecule has 0 aliphatic heterocycles. The minimum Gasteiger partial charge on any atom is -0.497 e. The highest BCUT2D eigenvalue weighted by Crippen LogP contribution is 2.29. The second-order valence-corrected chi connectivity index (χ2v) is 10.2. The highest BCUT2D eigenvalue weighted by Gasteiger charge is 2.23. The number of thiazole rings is 1. The van der Waals surface area contributed by atoms with Crippen LogP contribution >= 0.6 is 22.9 Å². The summed E-state index contributed by atoms with van der Waals surface area (Å²) < 4.78 is 33.3. The fourth-order valence-corrected chi connectivity index (χ4v) is 5.39. The highest BCUT2D eigenvalue weighted by atomic mass is 35.5. The monoisotopic (exact) mass is 487 g/mol. The average molecular weight is 488 g/mol. The number of anilines is 2. The SMILES string of the molecule is COc1ccc(N(C)S(=O)(=O)c2cccc(C(=O)Nc3nc4ccc(Cl)cc4s3)c2)cc1. The summed E-state index contributed by atoms with van der Waals surface area (Å²) in [6, 6.07) is 17.8. The van der Waals surface area contributed by atoms with E-state index >= 15 is 0 Å². The van der Waals surface area contributed by atoms with Gasteiger partial charge in [0.05, 0.1) is 27.9 Å². The number of nitrogens with one attached hydrogen (secondary N) is 1. The van der Waals surface area contributed by atoms with Gasteiger partial charge in [0.1, 0.15) is 5.75 Å². The standard InChI is InChI=1S/C22H18ClN3O4S2/c1-26(16-7-9-17(30-2)10-8-16)32(28,29)18-5-3-4-14(12-18)21(27)25-22-24-19-11-6-15(23)13-20(19)31-22/h3-13H,1-2H3,(H,24,25,27). The Bertz CT molecular complexity index is 1400. The van der Waals surface area contributed by atoms with E-state index in [-0.39, 0.29) is 10.5 Å². The summed E-state index contributed by atoms with van der Waals surface area (Å²) in [5.74, 6) is 0.162. The van der Waals surface area contributed by atoms with Crippen LogP contribution in [0, 0.1) is 0 Å². The molecule has 1 heterocycles. The lowest BCUT2D eigenvalue weighted by Crippen LogP contribution is -2.26.